The Morgan fingerprint density at radius 2 is 2.50 bits per heavy atom. The van der Waals surface area contributed by atoms with Crippen molar-refractivity contribution in [1.29, 1.82) is 0 Å². The molecule has 1 aromatic heterocycles. The van der Waals surface area contributed by atoms with Gasteiger partial charge >= 0.3 is 0 Å². The van der Waals surface area contributed by atoms with Crippen LogP contribution in [0.5, 0.6) is 0 Å². The summed E-state index contributed by atoms with van der Waals surface area (Å²) >= 11 is 0. The third-order valence-electron chi connectivity index (χ3n) is 3.49. The molecule has 90 valence electrons. The summed E-state index contributed by atoms with van der Waals surface area (Å²) in [6, 6.07) is 0.362. The fourth-order valence-corrected chi connectivity index (χ4v) is 2.70. The fourth-order valence-electron chi connectivity index (χ4n) is 2.70. The van der Waals surface area contributed by atoms with Crippen molar-refractivity contribution >= 4 is 0 Å². The highest BCUT2D eigenvalue weighted by Gasteiger charge is 2.34. The van der Waals surface area contributed by atoms with Crippen molar-refractivity contribution in [2.45, 2.75) is 31.9 Å². The van der Waals surface area contributed by atoms with Crippen molar-refractivity contribution in [3.63, 3.8) is 0 Å². The van der Waals surface area contributed by atoms with Gasteiger partial charge in [-0.25, -0.2) is 0 Å². The summed E-state index contributed by atoms with van der Waals surface area (Å²) in [4.78, 5) is 0. The van der Waals surface area contributed by atoms with E-state index in [-0.39, 0.29) is 0 Å². The van der Waals surface area contributed by atoms with E-state index in [1.54, 1.807) is 0 Å². The molecule has 0 aliphatic carbocycles. The molecule has 0 spiro atoms. The summed E-state index contributed by atoms with van der Waals surface area (Å²) in [5, 5.41) is 7.65. The topological polar surface area (TPSA) is 39.1 Å². The molecule has 2 rings (SSSR count). The minimum Gasteiger partial charge on any atom is -0.378 e. The summed E-state index contributed by atoms with van der Waals surface area (Å²) < 4.78 is 7.62. The molecule has 0 aromatic carbocycles. The minimum atomic E-state index is 0.362. The van der Waals surface area contributed by atoms with Crippen LogP contribution < -0.4 is 5.32 Å². The van der Waals surface area contributed by atoms with Gasteiger partial charge in [0.2, 0.25) is 0 Å². The van der Waals surface area contributed by atoms with E-state index in [9.17, 15) is 0 Å². The van der Waals surface area contributed by atoms with E-state index in [1.165, 1.54) is 5.56 Å². The molecule has 0 saturated carbocycles. The number of rotatable bonds is 4. The molecule has 0 amide bonds. The van der Waals surface area contributed by atoms with E-state index < -0.39 is 0 Å². The lowest BCUT2D eigenvalue weighted by Gasteiger charge is -2.25. The molecule has 3 atom stereocenters. The predicted octanol–water partition coefficient (Wildman–Crippen LogP) is 1.50. The van der Waals surface area contributed by atoms with Crippen LogP contribution in [0.25, 0.3) is 0 Å². The van der Waals surface area contributed by atoms with E-state index in [1.807, 2.05) is 25.0 Å². The Bertz CT molecular complexity index is 337. The summed E-state index contributed by atoms with van der Waals surface area (Å²) in [7, 11) is 3.97. The normalized spacial score (nSPS) is 27.2. The smallest absolute Gasteiger partial charge is 0.0619 e. The number of aryl methyl sites for hydroxylation is 1. The maximum atomic E-state index is 5.76. The highest BCUT2D eigenvalue weighted by atomic mass is 16.5. The van der Waals surface area contributed by atoms with Crippen LogP contribution in [0.15, 0.2) is 12.4 Å². The molecule has 2 heterocycles. The number of hydrogen-bond acceptors (Lipinski definition) is 3. The maximum absolute atomic E-state index is 5.76. The van der Waals surface area contributed by atoms with Crippen molar-refractivity contribution in [2.24, 2.45) is 13.0 Å². The zero-order chi connectivity index (χ0) is 11.5. The van der Waals surface area contributed by atoms with Gasteiger partial charge < -0.3 is 10.1 Å². The number of nitrogens with zero attached hydrogens (tertiary/aromatic N) is 2. The molecule has 4 nitrogen and oxygen atoms in total. The van der Waals surface area contributed by atoms with Gasteiger partial charge in [0.15, 0.2) is 0 Å². The predicted molar refractivity (Wildman–Crippen MR) is 63.1 cm³/mol. The quantitative estimate of drug-likeness (QED) is 0.840. The molecule has 0 bridgehead atoms. The molecule has 3 unspecified atom stereocenters. The third-order valence-corrected chi connectivity index (χ3v) is 3.49. The zero-order valence-corrected chi connectivity index (χ0v) is 10.3. The Kier molecular flexibility index (Phi) is 3.61. The van der Waals surface area contributed by atoms with Gasteiger partial charge in [0.05, 0.1) is 12.3 Å². The van der Waals surface area contributed by atoms with Crippen LogP contribution in [0.2, 0.25) is 0 Å². The number of nitrogens with one attached hydrogen (secondary N) is 1. The van der Waals surface area contributed by atoms with E-state index in [4.69, 9.17) is 4.74 Å². The summed E-state index contributed by atoms with van der Waals surface area (Å²) in [5.74, 6) is 0.569. The lowest BCUT2D eigenvalue weighted by atomic mass is 9.88. The third kappa shape index (κ3) is 2.13. The van der Waals surface area contributed by atoms with E-state index in [0.29, 0.717) is 18.1 Å². The van der Waals surface area contributed by atoms with Crippen LogP contribution in [0, 0.1) is 5.92 Å². The highest BCUT2D eigenvalue weighted by molar-refractivity contribution is 5.13. The second kappa shape index (κ2) is 4.97. The number of ether oxygens (including phenoxy) is 1. The van der Waals surface area contributed by atoms with Crippen LogP contribution in [0.1, 0.15) is 31.4 Å². The van der Waals surface area contributed by atoms with Gasteiger partial charge in [-0.05, 0) is 19.9 Å². The first-order valence-corrected chi connectivity index (χ1v) is 6.03. The molecule has 16 heavy (non-hydrogen) atoms. The zero-order valence-electron chi connectivity index (χ0n) is 10.3. The van der Waals surface area contributed by atoms with E-state index >= 15 is 0 Å². The van der Waals surface area contributed by atoms with Crippen molar-refractivity contribution < 1.29 is 4.74 Å². The molecular weight excluding hydrogens is 202 g/mol. The first-order chi connectivity index (χ1) is 7.76. The second-order valence-electron chi connectivity index (χ2n) is 4.48. The average Bonchev–Trinajstić information content (AvgIpc) is 2.89. The maximum Gasteiger partial charge on any atom is 0.0619 e. The highest BCUT2D eigenvalue weighted by Crippen LogP contribution is 2.34. The molecule has 1 N–H and O–H groups in total. The molecule has 1 aliphatic heterocycles. The minimum absolute atomic E-state index is 0.362. The van der Waals surface area contributed by atoms with Crippen LogP contribution in [-0.2, 0) is 11.8 Å². The van der Waals surface area contributed by atoms with Crippen molar-refractivity contribution in [2.75, 3.05) is 13.7 Å². The van der Waals surface area contributed by atoms with Crippen molar-refractivity contribution in [3.8, 4) is 0 Å². The fraction of sp³-hybridized carbons (Fsp3) is 0.750. The van der Waals surface area contributed by atoms with Crippen molar-refractivity contribution in [3.05, 3.63) is 18.0 Å². The van der Waals surface area contributed by atoms with E-state index in [2.05, 4.69) is 23.5 Å². The van der Waals surface area contributed by atoms with Crippen LogP contribution in [0.4, 0.5) is 0 Å². The Hall–Kier alpha value is -0.870. The molecule has 1 aromatic rings. The Labute approximate surface area is 97.0 Å². The second-order valence-corrected chi connectivity index (χ2v) is 4.48. The first-order valence-electron chi connectivity index (χ1n) is 6.03. The van der Waals surface area contributed by atoms with Crippen LogP contribution in [-0.4, -0.2) is 29.5 Å². The van der Waals surface area contributed by atoms with Gasteiger partial charge in [-0.2, -0.15) is 5.10 Å². The van der Waals surface area contributed by atoms with Crippen LogP contribution >= 0.6 is 0 Å². The molecule has 1 saturated heterocycles. The molecule has 1 fully saturated rings. The first kappa shape index (κ1) is 11.6. The average molecular weight is 223 g/mol. The largest absolute Gasteiger partial charge is 0.378 e. The van der Waals surface area contributed by atoms with Gasteiger partial charge in [-0.15, -0.1) is 0 Å². The van der Waals surface area contributed by atoms with Gasteiger partial charge in [0.25, 0.3) is 0 Å². The SMILES string of the molecule is CCC1OCCC1C(NC)c1cnn(C)c1. The lowest BCUT2D eigenvalue weighted by Crippen LogP contribution is -2.30. The van der Waals surface area contributed by atoms with Crippen LogP contribution in [0.3, 0.4) is 0 Å². The molecule has 1 aliphatic rings. The number of hydrogen-bond donors (Lipinski definition) is 1. The molecule has 4 heteroatoms. The Morgan fingerprint density at radius 1 is 1.69 bits per heavy atom. The Balaban J connectivity index is 2.15. The summed E-state index contributed by atoms with van der Waals surface area (Å²) in [5.41, 5.74) is 1.26. The standard InChI is InChI=1S/C12H21N3O/c1-4-11-10(5-6-16-11)12(13-2)9-7-14-15(3)8-9/h7-8,10-13H,4-6H2,1-3H3. The molecule has 0 radical (unpaired) electrons. The monoisotopic (exact) mass is 223 g/mol. The summed E-state index contributed by atoms with van der Waals surface area (Å²) in [6.45, 7) is 3.08. The van der Waals surface area contributed by atoms with Gasteiger partial charge in [0.1, 0.15) is 0 Å². The van der Waals surface area contributed by atoms with Gasteiger partial charge in [-0.3, -0.25) is 4.68 Å². The summed E-state index contributed by atoms with van der Waals surface area (Å²) in [6.07, 6.45) is 6.65. The van der Waals surface area contributed by atoms with Crippen molar-refractivity contribution in [1.82, 2.24) is 15.1 Å². The Morgan fingerprint density at radius 3 is 3.06 bits per heavy atom. The number of aromatic nitrogens is 2. The van der Waals surface area contributed by atoms with Gasteiger partial charge in [0, 0.05) is 37.4 Å². The molecular formula is C12H21N3O. The lowest BCUT2D eigenvalue weighted by molar-refractivity contribution is 0.0782. The van der Waals surface area contributed by atoms with Gasteiger partial charge in [-0.1, -0.05) is 6.92 Å². The van der Waals surface area contributed by atoms with E-state index in [0.717, 1.165) is 19.4 Å².